The van der Waals surface area contributed by atoms with Gasteiger partial charge in [0.15, 0.2) is 0 Å². The molecule has 20 heavy (non-hydrogen) atoms. The van der Waals surface area contributed by atoms with Gasteiger partial charge in [-0.25, -0.2) is 0 Å². The van der Waals surface area contributed by atoms with Crippen molar-refractivity contribution in [1.29, 1.82) is 0 Å². The van der Waals surface area contributed by atoms with Crippen LogP contribution in [0.25, 0.3) is 10.1 Å². The summed E-state index contributed by atoms with van der Waals surface area (Å²) in [6.07, 6.45) is 3.54. The van der Waals surface area contributed by atoms with Crippen LogP contribution >= 0.6 is 23.7 Å². The number of carbonyl (C=O) groups excluding carboxylic acids is 1. The van der Waals surface area contributed by atoms with Crippen LogP contribution in [0, 0.1) is 0 Å². The molecule has 1 aromatic heterocycles. The first-order valence-corrected chi connectivity index (χ1v) is 7.67. The molecule has 2 fully saturated rings. The van der Waals surface area contributed by atoms with E-state index in [0.717, 1.165) is 16.7 Å². The molecule has 1 aromatic carbocycles. The molecule has 2 aromatic rings. The van der Waals surface area contributed by atoms with Crippen LogP contribution in [0.3, 0.4) is 0 Å². The van der Waals surface area contributed by atoms with Crippen molar-refractivity contribution in [2.45, 2.75) is 37.4 Å². The maximum atomic E-state index is 12.3. The Labute approximate surface area is 128 Å². The Morgan fingerprint density at radius 3 is 2.85 bits per heavy atom. The zero-order chi connectivity index (χ0) is 12.8. The summed E-state index contributed by atoms with van der Waals surface area (Å²) in [5.41, 5.74) is 0. The van der Waals surface area contributed by atoms with Gasteiger partial charge in [0.05, 0.1) is 4.88 Å². The summed E-state index contributed by atoms with van der Waals surface area (Å²) < 4.78 is 1.18. The molecule has 106 valence electrons. The van der Waals surface area contributed by atoms with Gasteiger partial charge in [-0.15, -0.1) is 23.7 Å². The van der Waals surface area contributed by atoms with E-state index in [1.165, 1.54) is 17.5 Å². The minimum atomic E-state index is 0. The van der Waals surface area contributed by atoms with Gasteiger partial charge >= 0.3 is 0 Å². The summed E-state index contributed by atoms with van der Waals surface area (Å²) in [7, 11) is 0. The van der Waals surface area contributed by atoms with Crippen molar-refractivity contribution in [2.75, 3.05) is 0 Å². The summed E-state index contributed by atoms with van der Waals surface area (Å²) in [6, 6.07) is 11.6. The average molecular weight is 309 g/mol. The van der Waals surface area contributed by atoms with Gasteiger partial charge in [-0.1, -0.05) is 18.2 Å². The largest absolute Gasteiger partial charge is 0.347 e. The highest BCUT2D eigenvalue weighted by Gasteiger charge is 2.39. The van der Waals surface area contributed by atoms with Crippen molar-refractivity contribution in [3.05, 3.63) is 35.2 Å². The first kappa shape index (κ1) is 13.9. The predicted octanol–water partition coefficient (Wildman–Crippen LogP) is 2.95. The molecule has 2 saturated heterocycles. The van der Waals surface area contributed by atoms with Gasteiger partial charge in [-0.05, 0) is 36.8 Å². The monoisotopic (exact) mass is 308 g/mol. The van der Waals surface area contributed by atoms with Crippen molar-refractivity contribution in [3.63, 3.8) is 0 Å². The summed E-state index contributed by atoms with van der Waals surface area (Å²) in [5.74, 6) is 0.0838. The molecule has 0 spiro atoms. The third-order valence-electron chi connectivity index (χ3n) is 4.27. The molecule has 5 heteroatoms. The van der Waals surface area contributed by atoms with E-state index in [4.69, 9.17) is 0 Å². The van der Waals surface area contributed by atoms with Crippen LogP contribution in [0.5, 0.6) is 0 Å². The van der Waals surface area contributed by atoms with Gasteiger partial charge in [0.2, 0.25) is 0 Å². The number of halogens is 1. The Bertz CT molecular complexity index is 609. The van der Waals surface area contributed by atoms with Crippen LogP contribution in [0.15, 0.2) is 30.3 Å². The second-order valence-corrected chi connectivity index (χ2v) is 6.60. The summed E-state index contributed by atoms with van der Waals surface area (Å²) in [4.78, 5) is 13.1. The zero-order valence-electron chi connectivity index (χ0n) is 11.0. The van der Waals surface area contributed by atoms with Crippen molar-refractivity contribution in [3.8, 4) is 0 Å². The Balaban J connectivity index is 0.00000121. The number of hydrogen-bond acceptors (Lipinski definition) is 3. The molecule has 1 amide bonds. The average Bonchev–Trinajstić information content (AvgIpc) is 3.12. The fourth-order valence-electron chi connectivity index (χ4n) is 3.32. The highest BCUT2D eigenvalue weighted by molar-refractivity contribution is 7.20. The van der Waals surface area contributed by atoms with E-state index >= 15 is 0 Å². The Morgan fingerprint density at radius 2 is 2.15 bits per heavy atom. The van der Waals surface area contributed by atoms with E-state index in [1.54, 1.807) is 11.3 Å². The molecule has 0 saturated carbocycles. The number of carbonyl (C=O) groups is 1. The molecule has 2 N–H and O–H groups in total. The van der Waals surface area contributed by atoms with Crippen LogP contribution in [0.2, 0.25) is 0 Å². The summed E-state index contributed by atoms with van der Waals surface area (Å²) in [5, 5.41) is 7.90. The Kier molecular flexibility index (Phi) is 3.71. The molecular weight excluding hydrogens is 292 g/mol. The minimum absolute atomic E-state index is 0. The number of benzene rings is 1. The smallest absolute Gasteiger partial charge is 0.261 e. The fourth-order valence-corrected chi connectivity index (χ4v) is 4.28. The Hall–Kier alpha value is -1.10. The van der Waals surface area contributed by atoms with Gasteiger partial charge in [0.1, 0.15) is 0 Å². The van der Waals surface area contributed by atoms with Crippen molar-refractivity contribution < 1.29 is 4.79 Å². The van der Waals surface area contributed by atoms with Crippen LogP contribution in [-0.4, -0.2) is 24.0 Å². The normalized spacial score (nSPS) is 27.5. The van der Waals surface area contributed by atoms with E-state index in [0.29, 0.717) is 18.1 Å². The maximum absolute atomic E-state index is 12.3. The van der Waals surface area contributed by atoms with Crippen LogP contribution in [0.4, 0.5) is 0 Å². The molecule has 3 nitrogen and oxygen atoms in total. The van der Waals surface area contributed by atoms with Gasteiger partial charge in [-0.2, -0.15) is 0 Å². The van der Waals surface area contributed by atoms with Gasteiger partial charge in [0.25, 0.3) is 5.91 Å². The van der Waals surface area contributed by atoms with Crippen molar-refractivity contribution in [1.82, 2.24) is 10.6 Å². The molecule has 0 aliphatic carbocycles. The lowest BCUT2D eigenvalue weighted by Crippen LogP contribution is -2.42. The number of nitrogens with one attached hydrogen (secondary N) is 2. The third kappa shape index (κ3) is 2.32. The summed E-state index contributed by atoms with van der Waals surface area (Å²) >= 11 is 1.58. The molecule has 0 radical (unpaired) electrons. The zero-order valence-corrected chi connectivity index (χ0v) is 12.6. The number of thiophene rings is 1. The van der Waals surface area contributed by atoms with E-state index in [9.17, 15) is 4.79 Å². The molecule has 2 aliphatic rings. The lowest BCUT2D eigenvalue weighted by Gasteiger charge is -2.20. The topological polar surface area (TPSA) is 41.1 Å². The lowest BCUT2D eigenvalue weighted by molar-refractivity contribution is 0.0935. The van der Waals surface area contributed by atoms with E-state index in [2.05, 4.69) is 22.8 Å². The molecule has 2 bridgehead atoms. The van der Waals surface area contributed by atoms with Gasteiger partial charge in [-0.3, -0.25) is 4.79 Å². The standard InChI is InChI=1S/C15H16N2OS.ClH/c18-15(17-12-8-10-5-6-11(12)16-10)14-7-9-3-1-2-4-13(9)19-14;/h1-4,7,10-12,16H,5-6,8H2,(H,17,18);1H/t10-,11+,12-;/m1./s1. The van der Waals surface area contributed by atoms with Gasteiger partial charge in [0, 0.05) is 22.8 Å². The molecular formula is C15H17ClN2OS. The molecule has 4 rings (SSSR count). The van der Waals surface area contributed by atoms with Gasteiger partial charge < -0.3 is 10.6 Å². The molecule has 2 aliphatic heterocycles. The second kappa shape index (κ2) is 5.35. The molecule has 3 atom stereocenters. The number of rotatable bonds is 2. The van der Waals surface area contributed by atoms with E-state index < -0.39 is 0 Å². The fraction of sp³-hybridized carbons (Fsp3) is 0.400. The summed E-state index contributed by atoms with van der Waals surface area (Å²) in [6.45, 7) is 0. The highest BCUT2D eigenvalue weighted by Crippen LogP contribution is 2.29. The predicted molar refractivity (Wildman–Crippen MR) is 84.9 cm³/mol. The number of fused-ring (bicyclic) bond motifs is 3. The van der Waals surface area contributed by atoms with E-state index in [-0.39, 0.29) is 18.3 Å². The number of amides is 1. The maximum Gasteiger partial charge on any atom is 0.261 e. The van der Waals surface area contributed by atoms with Crippen LogP contribution in [-0.2, 0) is 0 Å². The van der Waals surface area contributed by atoms with E-state index in [1.807, 2.05) is 18.2 Å². The second-order valence-electron chi connectivity index (χ2n) is 5.51. The Morgan fingerprint density at radius 1 is 1.30 bits per heavy atom. The molecule has 3 heterocycles. The van der Waals surface area contributed by atoms with Crippen LogP contribution in [0.1, 0.15) is 28.9 Å². The molecule has 0 unspecified atom stereocenters. The quantitative estimate of drug-likeness (QED) is 0.895. The number of hydrogen-bond donors (Lipinski definition) is 2. The van der Waals surface area contributed by atoms with Crippen LogP contribution < -0.4 is 10.6 Å². The lowest BCUT2D eigenvalue weighted by atomic mass is 9.95. The van der Waals surface area contributed by atoms with Crippen molar-refractivity contribution >= 4 is 39.7 Å². The first-order chi connectivity index (χ1) is 9.29. The highest BCUT2D eigenvalue weighted by atomic mass is 35.5. The third-order valence-corrected chi connectivity index (χ3v) is 5.38. The first-order valence-electron chi connectivity index (χ1n) is 6.85. The SMILES string of the molecule is Cl.O=C(N[C@@H]1C[C@H]2CC[C@@H]1N2)c1cc2ccccc2s1. The van der Waals surface area contributed by atoms with Crippen molar-refractivity contribution in [2.24, 2.45) is 0 Å². The minimum Gasteiger partial charge on any atom is -0.347 e.